The molecule has 2 aliphatic rings. The molecule has 1 heteroatoms. The minimum atomic E-state index is 0. The van der Waals surface area contributed by atoms with E-state index in [1.807, 2.05) is 54.6 Å². The topological polar surface area (TPSA) is 0 Å². The van der Waals surface area contributed by atoms with Crippen molar-refractivity contribution in [3.05, 3.63) is 91.4 Å². The van der Waals surface area contributed by atoms with Gasteiger partial charge in [-0.3, -0.25) is 12.2 Å². The Morgan fingerprint density at radius 2 is 1.39 bits per heavy atom. The third kappa shape index (κ3) is 10.1. The molecule has 0 saturated carbocycles. The summed E-state index contributed by atoms with van der Waals surface area (Å²) in [4.78, 5) is 0. The average Bonchev–Trinajstić information content (AvgIpc) is 3.09. The van der Waals surface area contributed by atoms with Crippen LogP contribution >= 0.6 is 0 Å². The van der Waals surface area contributed by atoms with Gasteiger partial charge in [0.2, 0.25) is 0 Å². The molecule has 0 fully saturated rings. The maximum Gasteiger partial charge on any atom is 3.00 e. The Kier molecular flexibility index (Phi) is 11.7. The van der Waals surface area contributed by atoms with Gasteiger partial charge in [-0.15, -0.1) is 25.0 Å². The van der Waals surface area contributed by atoms with E-state index in [2.05, 4.69) is 31.2 Å². The number of rotatable bonds is 0. The Morgan fingerprint density at radius 3 is 1.56 bits per heavy atom. The number of benzene rings is 1. The van der Waals surface area contributed by atoms with Crippen molar-refractivity contribution in [2.24, 2.45) is 0 Å². The second kappa shape index (κ2) is 12.4. The van der Waals surface area contributed by atoms with E-state index in [0.29, 0.717) is 0 Å². The molecule has 1 aromatic rings. The minimum absolute atomic E-state index is 0. The van der Waals surface area contributed by atoms with Crippen LogP contribution in [0.4, 0.5) is 0 Å². The Balaban J connectivity index is 0. The average molecular weight is 314 g/mol. The van der Waals surface area contributed by atoms with Crippen LogP contribution in [-0.2, 0) is 26.2 Å². The van der Waals surface area contributed by atoms with Crippen molar-refractivity contribution in [3.63, 3.8) is 0 Å². The molecule has 1 radical (unpaired) electrons. The van der Waals surface area contributed by atoms with Crippen molar-refractivity contribution in [1.82, 2.24) is 0 Å². The van der Waals surface area contributed by atoms with Gasteiger partial charge in [0.05, 0.1) is 0 Å². The molecule has 0 unspecified atom stereocenters. The summed E-state index contributed by atoms with van der Waals surface area (Å²) in [5.41, 5.74) is 1.07. The van der Waals surface area contributed by atoms with E-state index in [9.17, 15) is 0 Å². The van der Waals surface area contributed by atoms with Crippen molar-refractivity contribution in [2.45, 2.75) is 12.8 Å². The predicted octanol–water partition coefficient (Wildman–Crippen LogP) is 4.59. The summed E-state index contributed by atoms with van der Waals surface area (Å²) in [6.07, 6.45) is 20.0. The second-order valence-corrected chi connectivity index (χ2v) is 3.49. The van der Waals surface area contributed by atoms with Gasteiger partial charge in [0.25, 0.3) is 0 Å². The summed E-state index contributed by atoms with van der Waals surface area (Å²) in [6, 6.07) is 9.87. The molecule has 1 aromatic carbocycles. The van der Waals surface area contributed by atoms with Gasteiger partial charge in [0.15, 0.2) is 0 Å². The fraction of sp³-hybridized carbons (Fsp3) is 0.118. The van der Waals surface area contributed by atoms with Crippen LogP contribution in [0.25, 0.3) is 0 Å². The second-order valence-electron chi connectivity index (χ2n) is 3.49. The van der Waals surface area contributed by atoms with Crippen LogP contribution in [0.1, 0.15) is 19.8 Å². The molecular weight excluding hydrogens is 295 g/mol. The van der Waals surface area contributed by atoms with Crippen LogP contribution in [0, 0.1) is 19.1 Å². The summed E-state index contributed by atoms with van der Waals surface area (Å²) >= 11 is 0. The molecule has 0 atom stereocenters. The first-order chi connectivity index (χ1) is 8.39. The van der Waals surface area contributed by atoms with Crippen LogP contribution in [-0.4, -0.2) is 0 Å². The van der Waals surface area contributed by atoms with Crippen LogP contribution in [0.2, 0.25) is 0 Å². The van der Waals surface area contributed by atoms with E-state index >= 15 is 0 Å². The molecule has 3 rings (SSSR count). The fourth-order valence-electron chi connectivity index (χ4n) is 1.16. The normalized spacial score (nSPS) is 13.1. The van der Waals surface area contributed by atoms with Gasteiger partial charge < -0.3 is 1.43 Å². The van der Waals surface area contributed by atoms with Crippen LogP contribution < -0.4 is 0 Å². The van der Waals surface area contributed by atoms with Crippen LogP contribution in [0.3, 0.4) is 0 Å². The Morgan fingerprint density at radius 1 is 0.889 bits per heavy atom. The van der Waals surface area contributed by atoms with Gasteiger partial charge in [-0.05, 0) is 0 Å². The maximum absolute atomic E-state index is 3.72. The third-order valence-electron chi connectivity index (χ3n) is 2.01. The SMILES string of the molecule is [C-]1=CC=CC1.[C-]1=CC=CC1.[CH2-]c1ccccc1.[H-].[Zr+3]. The van der Waals surface area contributed by atoms with E-state index in [1.165, 1.54) is 0 Å². The first-order valence-corrected chi connectivity index (χ1v) is 5.70. The van der Waals surface area contributed by atoms with Gasteiger partial charge >= 0.3 is 26.2 Å². The van der Waals surface area contributed by atoms with Crippen molar-refractivity contribution in [1.29, 1.82) is 0 Å². The summed E-state index contributed by atoms with van der Waals surface area (Å²) in [5, 5.41) is 0. The fourth-order valence-corrected chi connectivity index (χ4v) is 1.16. The standard InChI is InChI=1S/C7H7.2C5H5.Zr.H/c1-7-5-3-2-4-6-7;2*1-2-4-5-3-1;;/h2-6H,1H2;2*1-3H,4H2;;/q3*-1;+3;-1. The van der Waals surface area contributed by atoms with Gasteiger partial charge in [-0.1, -0.05) is 6.07 Å². The number of hydrogen-bond donors (Lipinski definition) is 0. The smallest absolute Gasteiger partial charge is 1.00 e. The first-order valence-electron chi connectivity index (χ1n) is 5.70. The molecule has 0 heterocycles. The monoisotopic (exact) mass is 312 g/mol. The van der Waals surface area contributed by atoms with Gasteiger partial charge in [-0.2, -0.15) is 36.8 Å². The van der Waals surface area contributed by atoms with E-state index < -0.39 is 0 Å². The summed E-state index contributed by atoms with van der Waals surface area (Å²) < 4.78 is 0. The van der Waals surface area contributed by atoms with Gasteiger partial charge in [0, 0.05) is 0 Å². The van der Waals surface area contributed by atoms with Crippen molar-refractivity contribution in [3.8, 4) is 0 Å². The predicted molar refractivity (Wildman–Crippen MR) is 75.2 cm³/mol. The van der Waals surface area contributed by atoms with E-state index in [0.717, 1.165) is 18.4 Å². The molecule has 0 bridgehead atoms. The van der Waals surface area contributed by atoms with E-state index in [-0.39, 0.29) is 27.6 Å². The van der Waals surface area contributed by atoms with Gasteiger partial charge in [-0.25, -0.2) is 24.3 Å². The molecule has 0 N–H and O–H groups in total. The molecule has 91 valence electrons. The molecule has 2 aliphatic carbocycles. The molecule has 18 heavy (non-hydrogen) atoms. The zero-order valence-electron chi connectivity index (χ0n) is 11.5. The Hall–Kier alpha value is -1.07. The number of hydrogen-bond acceptors (Lipinski definition) is 0. The maximum atomic E-state index is 3.72. The third-order valence-corrected chi connectivity index (χ3v) is 2.01. The molecule has 0 nitrogen and oxygen atoms in total. The first kappa shape index (κ1) is 16.9. The van der Waals surface area contributed by atoms with Crippen molar-refractivity contribution < 1.29 is 27.6 Å². The molecule has 0 spiro atoms. The molecular formula is C17H18Zr-. The minimum Gasteiger partial charge on any atom is -1.00 e. The Bertz CT molecular complexity index is 361. The zero-order valence-corrected chi connectivity index (χ0v) is 12.9. The van der Waals surface area contributed by atoms with Crippen LogP contribution in [0.5, 0.6) is 0 Å². The van der Waals surface area contributed by atoms with Crippen LogP contribution in [0.15, 0.2) is 66.8 Å². The van der Waals surface area contributed by atoms with E-state index in [4.69, 9.17) is 0 Å². The van der Waals surface area contributed by atoms with E-state index in [1.54, 1.807) is 0 Å². The van der Waals surface area contributed by atoms with Crippen molar-refractivity contribution in [2.75, 3.05) is 0 Å². The summed E-state index contributed by atoms with van der Waals surface area (Å²) in [7, 11) is 0. The summed E-state index contributed by atoms with van der Waals surface area (Å²) in [5.74, 6) is 0. The van der Waals surface area contributed by atoms with Gasteiger partial charge in [0.1, 0.15) is 0 Å². The molecule has 0 saturated heterocycles. The largest absolute Gasteiger partial charge is 3.00 e. The van der Waals surface area contributed by atoms with Crippen molar-refractivity contribution >= 4 is 0 Å². The number of allylic oxidation sites excluding steroid dienone is 8. The molecule has 0 aliphatic heterocycles. The quantitative estimate of drug-likeness (QED) is 0.615. The Labute approximate surface area is 131 Å². The molecule has 0 amide bonds. The zero-order chi connectivity index (χ0) is 12.2. The molecule has 0 aromatic heterocycles. The summed E-state index contributed by atoms with van der Waals surface area (Å²) in [6.45, 7) is 3.72.